The van der Waals surface area contributed by atoms with Crippen LogP contribution in [0.15, 0.2) is 0 Å². The molecule has 0 radical (unpaired) electrons. The molecule has 0 rings (SSSR count). The standard InChI is InChI=1S/C16H28O3S/c1-9-15(7,11-13(3)4)20(17,18,19)16(8,10-2)12-14(5)6/h1-2,13-14H,11-12H2,3-8H3,(H2,17,18,19). The SMILES string of the molecule is C#CC(C)(CC(C)C)S(=O)(O)(O)C(C)(C#C)CC(C)C. The Kier molecular flexibility index (Phi) is 5.30. The van der Waals surface area contributed by atoms with Crippen LogP contribution < -0.4 is 0 Å². The van der Waals surface area contributed by atoms with Gasteiger partial charge in [0.2, 0.25) is 0 Å². The topological polar surface area (TPSA) is 57.5 Å². The molecule has 0 aromatic rings. The van der Waals surface area contributed by atoms with E-state index < -0.39 is 19.1 Å². The van der Waals surface area contributed by atoms with Crippen LogP contribution in [-0.2, 0) is 9.63 Å². The molecule has 20 heavy (non-hydrogen) atoms. The Morgan fingerprint density at radius 3 is 1.35 bits per heavy atom. The number of hydrogen-bond acceptors (Lipinski definition) is 1. The van der Waals surface area contributed by atoms with Crippen molar-refractivity contribution in [1.29, 1.82) is 0 Å². The third kappa shape index (κ3) is 2.93. The van der Waals surface area contributed by atoms with Gasteiger partial charge in [0.1, 0.15) is 19.1 Å². The lowest BCUT2D eigenvalue weighted by Gasteiger charge is -2.53. The monoisotopic (exact) mass is 300 g/mol. The summed E-state index contributed by atoms with van der Waals surface area (Å²) in [4.78, 5) is 0. The molecule has 0 aliphatic heterocycles. The first-order chi connectivity index (χ1) is 8.74. The van der Waals surface area contributed by atoms with Crippen LogP contribution in [-0.4, -0.2) is 22.8 Å². The second kappa shape index (κ2) is 5.53. The van der Waals surface area contributed by atoms with Gasteiger partial charge >= 0.3 is 0 Å². The van der Waals surface area contributed by atoms with Crippen LogP contribution in [0.25, 0.3) is 0 Å². The van der Waals surface area contributed by atoms with Crippen LogP contribution in [0.1, 0.15) is 54.4 Å². The van der Waals surface area contributed by atoms with Gasteiger partial charge in [-0.15, -0.1) is 12.8 Å². The van der Waals surface area contributed by atoms with Crippen molar-refractivity contribution in [3.05, 3.63) is 0 Å². The summed E-state index contributed by atoms with van der Waals surface area (Å²) in [7, 11) is -5.26. The summed E-state index contributed by atoms with van der Waals surface area (Å²) in [6, 6.07) is 0. The summed E-state index contributed by atoms with van der Waals surface area (Å²) in [5, 5.41) is 0. The molecular weight excluding hydrogens is 272 g/mol. The maximum absolute atomic E-state index is 13.2. The lowest BCUT2D eigenvalue weighted by Crippen LogP contribution is -2.65. The molecule has 0 aliphatic carbocycles. The first-order valence-electron chi connectivity index (χ1n) is 6.85. The third-order valence-electron chi connectivity index (χ3n) is 3.83. The average Bonchev–Trinajstić information content (AvgIpc) is 2.25. The molecule has 0 aromatic heterocycles. The van der Waals surface area contributed by atoms with E-state index >= 15 is 0 Å². The summed E-state index contributed by atoms with van der Waals surface area (Å²) in [5.74, 6) is 4.80. The van der Waals surface area contributed by atoms with Crippen LogP contribution in [0.4, 0.5) is 0 Å². The summed E-state index contributed by atoms with van der Waals surface area (Å²) in [5.41, 5.74) is 0. The van der Waals surface area contributed by atoms with E-state index in [9.17, 15) is 13.3 Å². The number of hydrogen-bond donors (Lipinski definition) is 2. The smallest absolute Gasteiger partial charge is 0.128 e. The Morgan fingerprint density at radius 2 is 1.20 bits per heavy atom. The zero-order chi connectivity index (χ0) is 16.4. The molecule has 0 bridgehead atoms. The molecule has 0 fully saturated rings. The highest BCUT2D eigenvalue weighted by atomic mass is 32.3. The minimum absolute atomic E-state index is 0.0564. The van der Waals surface area contributed by atoms with Crippen molar-refractivity contribution in [2.75, 3.05) is 0 Å². The lowest BCUT2D eigenvalue weighted by molar-refractivity contribution is 0.310. The number of terminal acetylenes is 2. The maximum Gasteiger partial charge on any atom is 0.128 e. The zero-order valence-corrected chi connectivity index (χ0v) is 14.3. The van der Waals surface area contributed by atoms with Gasteiger partial charge in [0.25, 0.3) is 0 Å². The van der Waals surface area contributed by atoms with E-state index in [-0.39, 0.29) is 24.7 Å². The normalized spacial score (nSPS) is 20.3. The maximum atomic E-state index is 13.2. The second-order valence-electron chi connectivity index (χ2n) is 6.81. The molecule has 2 N–H and O–H groups in total. The predicted molar refractivity (Wildman–Crippen MR) is 86.8 cm³/mol. The highest BCUT2D eigenvalue weighted by Gasteiger charge is 2.61. The first kappa shape index (κ1) is 19.2. The van der Waals surface area contributed by atoms with E-state index in [2.05, 4.69) is 11.8 Å². The average molecular weight is 300 g/mol. The molecule has 3 nitrogen and oxygen atoms in total. The Morgan fingerprint density at radius 1 is 0.950 bits per heavy atom. The predicted octanol–water partition coefficient (Wildman–Crippen LogP) is 3.63. The molecule has 0 aliphatic rings. The van der Waals surface area contributed by atoms with Gasteiger partial charge in [-0.25, -0.2) is 4.21 Å². The Labute approximate surface area is 124 Å². The molecule has 2 unspecified atom stereocenters. The number of rotatable bonds is 6. The lowest BCUT2D eigenvalue weighted by atomic mass is 9.98. The molecular formula is C16H28O3S. The molecule has 0 aromatic carbocycles. The summed E-state index contributed by atoms with van der Waals surface area (Å²) in [6.07, 6.45) is 11.4. The quantitative estimate of drug-likeness (QED) is 0.736. The van der Waals surface area contributed by atoms with Gasteiger partial charge in [-0.2, -0.15) is 0 Å². The van der Waals surface area contributed by atoms with E-state index in [4.69, 9.17) is 12.8 Å². The highest BCUT2D eigenvalue weighted by molar-refractivity contribution is 8.13. The van der Waals surface area contributed by atoms with Gasteiger partial charge < -0.3 is 9.11 Å². The fourth-order valence-corrected chi connectivity index (χ4v) is 5.37. The highest BCUT2D eigenvalue weighted by Crippen LogP contribution is 2.49. The molecule has 0 amide bonds. The molecule has 0 saturated heterocycles. The van der Waals surface area contributed by atoms with Gasteiger partial charge in [0.05, 0.1) is 0 Å². The van der Waals surface area contributed by atoms with E-state index in [1.165, 1.54) is 13.8 Å². The van der Waals surface area contributed by atoms with Crippen LogP contribution in [0.2, 0.25) is 0 Å². The van der Waals surface area contributed by atoms with Crippen molar-refractivity contribution in [3.63, 3.8) is 0 Å². The zero-order valence-electron chi connectivity index (χ0n) is 13.4. The fourth-order valence-electron chi connectivity index (χ4n) is 2.69. The van der Waals surface area contributed by atoms with E-state index in [0.29, 0.717) is 0 Å². The molecule has 4 heteroatoms. The van der Waals surface area contributed by atoms with Gasteiger partial charge in [-0.3, -0.25) is 0 Å². The second-order valence-corrected chi connectivity index (χ2v) is 10.3. The fraction of sp³-hybridized carbons (Fsp3) is 0.750. The van der Waals surface area contributed by atoms with Crippen molar-refractivity contribution in [2.45, 2.75) is 63.9 Å². The molecule has 2 atom stereocenters. The Hall–Kier alpha value is -0.810. The van der Waals surface area contributed by atoms with Crippen LogP contribution >= 0.6 is 0 Å². The minimum Gasteiger partial charge on any atom is -0.305 e. The van der Waals surface area contributed by atoms with Crippen LogP contribution in [0.5, 0.6) is 0 Å². The molecule has 0 heterocycles. The van der Waals surface area contributed by atoms with Crippen molar-refractivity contribution < 1.29 is 13.3 Å². The largest absolute Gasteiger partial charge is 0.305 e. The van der Waals surface area contributed by atoms with Gasteiger partial charge in [0.15, 0.2) is 0 Å². The molecule has 0 spiro atoms. The summed E-state index contributed by atoms with van der Waals surface area (Å²) >= 11 is 0. The van der Waals surface area contributed by atoms with Crippen LogP contribution in [0.3, 0.4) is 0 Å². The first-order valence-corrected chi connectivity index (χ1v) is 8.73. The summed E-state index contributed by atoms with van der Waals surface area (Å²) in [6.45, 7) is 10.4. The van der Waals surface area contributed by atoms with Crippen molar-refractivity contribution in [3.8, 4) is 24.7 Å². The Balaban J connectivity index is 6.17. The van der Waals surface area contributed by atoms with Crippen molar-refractivity contribution >= 4 is 9.63 Å². The van der Waals surface area contributed by atoms with E-state index in [1.807, 2.05) is 27.7 Å². The van der Waals surface area contributed by atoms with Crippen molar-refractivity contribution in [1.82, 2.24) is 0 Å². The summed E-state index contributed by atoms with van der Waals surface area (Å²) < 4.78 is 31.5. The van der Waals surface area contributed by atoms with Crippen LogP contribution in [0, 0.1) is 36.5 Å². The van der Waals surface area contributed by atoms with Gasteiger partial charge in [-0.1, -0.05) is 39.5 Å². The molecule has 0 saturated carbocycles. The Bertz CT molecular complexity index is 461. The van der Waals surface area contributed by atoms with Crippen molar-refractivity contribution in [2.24, 2.45) is 11.8 Å². The molecule has 116 valence electrons. The minimum atomic E-state index is -5.26. The van der Waals surface area contributed by atoms with Gasteiger partial charge in [0, 0.05) is 0 Å². The van der Waals surface area contributed by atoms with E-state index in [1.54, 1.807) is 0 Å². The third-order valence-corrected chi connectivity index (χ3v) is 7.65. The van der Waals surface area contributed by atoms with Gasteiger partial charge in [-0.05, 0) is 38.5 Å². The van der Waals surface area contributed by atoms with E-state index in [0.717, 1.165) is 0 Å².